The number of rotatable bonds is 6. The molecule has 3 aromatic rings. The summed E-state index contributed by atoms with van der Waals surface area (Å²) in [5, 5.41) is 0. The number of carbonyl (C=O) groups is 2. The van der Waals surface area contributed by atoms with Crippen molar-refractivity contribution in [3.63, 3.8) is 0 Å². The zero-order valence-corrected chi connectivity index (χ0v) is 22.1. The van der Waals surface area contributed by atoms with Gasteiger partial charge in [-0.2, -0.15) is 0 Å². The third kappa shape index (κ3) is 4.25. The van der Waals surface area contributed by atoms with Crippen molar-refractivity contribution in [3.05, 3.63) is 100 Å². The molecule has 39 heavy (non-hydrogen) atoms. The summed E-state index contributed by atoms with van der Waals surface area (Å²) in [6.45, 7) is 7.43. The van der Waals surface area contributed by atoms with Crippen LogP contribution in [0.2, 0.25) is 0 Å². The Morgan fingerprint density at radius 2 is 1.64 bits per heavy atom. The van der Waals surface area contributed by atoms with Gasteiger partial charge >= 0.3 is 12.1 Å². The van der Waals surface area contributed by atoms with E-state index in [4.69, 9.17) is 16.0 Å². The van der Waals surface area contributed by atoms with Crippen molar-refractivity contribution < 1.29 is 27.5 Å². The van der Waals surface area contributed by atoms with Crippen molar-refractivity contribution in [1.82, 2.24) is 4.90 Å². The van der Waals surface area contributed by atoms with E-state index in [9.17, 15) is 18.0 Å². The minimum absolute atomic E-state index is 0.00307. The fraction of sp³-hybridized carbons (Fsp3) is 0.300. The van der Waals surface area contributed by atoms with Gasteiger partial charge in [0, 0.05) is 18.8 Å². The molecule has 0 radical (unpaired) electrons. The van der Waals surface area contributed by atoms with Gasteiger partial charge in [0.15, 0.2) is 15.9 Å². The molecule has 0 saturated heterocycles. The summed E-state index contributed by atoms with van der Waals surface area (Å²) in [5.74, 6) is -1.02. The van der Waals surface area contributed by atoms with Crippen LogP contribution in [0.15, 0.2) is 71.6 Å². The van der Waals surface area contributed by atoms with Crippen LogP contribution in [0, 0.1) is 6.57 Å². The van der Waals surface area contributed by atoms with Crippen molar-refractivity contribution in [2.45, 2.75) is 41.8 Å². The van der Waals surface area contributed by atoms with Gasteiger partial charge in [-0.25, -0.2) is 24.6 Å². The molecule has 3 aromatic carbocycles. The molecule has 1 saturated carbocycles. The Morgan fingerprint density at radius 1 is 1.00 bits per heavy atom. The first-order chi connectivity index (χ1) is 18.8. The highest BCUT2D eigenvalue weighted by molar-refractivity contribution is 7.91. The van der Waals surface area contributed by atoms with Crippen LogP contribution < -0.4 is 0 Å². The molecule has 0 bridgehead atoms. The highest BCUT2D eigenvalue weighted by Gasteiger charge is 2.54. The Labute approximate surface area is 226 Å². The van der Waals surface area contributed by atoms with E-state index >= 15 is 0 Å². The van der Waals surface area contributed by atoms with Gasteiger partial charge in [-0.05, 0) is 45.5 Å². The van der Waals surface area contributed by atoms with Crippen LogP contribution in [0.1, 0.15) is 47.1 Å². The number of hydrogen-bond acceptors (Lipinski definition) is 6. The van der Waals surface area contributed by atoms with Crippen LogP contribution in [0.4, 0.5) is 4.79 Å². The SMILES string of the molecule is [C-]#[N+]C1(CS(=O)(=O)c2ccc3c(c2)CN(C(=O)OCC2c4ccccc4-c4ccccc42)C3C(=O)OC)CC1. The van der Waals surface area contributed by atoms with Crippen molar-refractivity contribution in [2.75, 3.05) is 19.5 Å². The molecular formula is C30H26N2O6S. The van der Waals surface area contributed by atoms with E-state index in [0.717, 1.165) is 22.3 Å². The van der Waals surface area contributed by atoms with Crippen molar-refractivity contribution in [2.24, 2.45) is 0 Å². The summed E-state index contributed by atoms with van der Waals surface area (Å²) in [5.41, 5.74) is 4.56. The summed E-state index contributed by atoms with van der Waals surface area (Å²) >= 11 is 0. The summed E-state index contributed by atoms with van der Waals surface area (Å²) in [7, 11) is -2.47. The Kier molecular flexibility index (Phi) is 5.96. The van der Waals surface area contributed by atoms with E-state index in [1.807, 2.05) is 36.4 Å². The zero-order valence-electron chi connectivity index (χ0n) is 21.3. The minimum Gasteiger partial charge on any atom is -0.467 e. The van der Waals surface area contributed by atoms with Gasteiger partial charge in [0.25, 0.3) is 0 Å². The molecule has 1 atom stereocenters. The second-order valence-electron chi connectivity index (χ2n) is 10.3. The number of ether oxygens (including phenoxy) is 2. The first-order valence-corrected chi connectivity index (χ1v) is 14.4. The normalized spacial score (nSPS) is 18.5. The summed E-state index contributed by atoms with van der Waals surface area (Å²) in [6.07, 6.45) is 0.458. The lowest BCUT2D eigenvalue weighted by Gasteiger charge is -2.24. The number of methoxy groups -OCH3 is 1. The summed E-state index contributed by atoms with van der Waals surface area (Å²) < 4.78 is 36.9. The molecule has 198 valence electrons. The number of amides is 1. The Morgan fingerprint density at radius 3 is 2.23 bits per heavy atom. The lowest BCUT2D eigenvalue weighted by Crippen LogP contribution is -2.35. The van der Waals surface area contributed by atoms with E-state index in [2.05, 4.69) is 17.0 Å². The largest absolute Gasteiger partial charge is 0.467 e. The first-order valence-electron chi connectivity index (χ1n) is 12.7. The molecule has 6 rings (SSSR count). The van der Waals surface area contributed by atoms with Crippen molar-refractivity contribution in [3.8, 4) is 11.1 Å². The highest BCUT2D eigenvalue weighted by Crippen LogP contribution is 2.45. The van der Waals surface area contributed by atoms with E-state index in [1.165, 1.54) is 24.1 Å². The Balaban J connectivity index is 1.24. The van der Waals surface area contributed by atoms with Gasteiger partial charge in [0.05, 0.1) is 18.6 Å². The molecule has 0 N–H and O–H groups in total. The van der Waals surface area contributed by atoms with Gasteiger partial charge in [-0.15, -0.1) is 0 Å². The molecule has 9 heteroatoms. The van der Waals surface area contributed by atoms with Crippen LogP contribution >= 0.6 is 0 Å². The molecule has 8 nitrogen and oxygen atoms in total. The van der Waals surface area contributed by atoms with Gasteiger partial charge in [-0.3, -0.25) is 4.90 Å². The lowest BCUT2D eigenvalue weighted by atomic mass is 9.98. The predicted molar refractivity (Wildman–Crippen MR) is 142 cm³/mol. The number of nitrogens with zero attached hydrogens (tertiary/aromatic N) is 2. The Hall–Kier alpha value is -4.16. The molecule has 1 unspecified atom stereocenters. The number of fused-ring (bicyclic) bond motifs is 4. The molecule has 1 fully saturated rings. The monoisotopic (exact) mass is 542 g/mol. The number of hydrogen-bond donors (Lipinski definition) is 0. The lowest BCUT2D eigenvalue weighted by molar-refractivity contribution is -0.146. The third-order valence-corrected chi connectivity index (χ3v) is 9.83. The van der Waals surface area contributed by atoms with Crippen LogP contribution in [0.25, 0.3) is 16.0 Å². The topological polar surface area (TPSA) is 94.3 Å². The molecule has 1 heterocycles. The maximum atomic E-state index is 13.4. The molecule has 3 aliphatic rings. The van der Waals surface area contributed by atoms with E-state index in [1.54, 1.807) is 6.07 Å². The summed E-state index contributed by atoms with van der Waals surface area (Å²) in [4.78, 5) is 31.0. The number of esters is 1. The fourth-order valence-corrected chi connectivity index (χ4v) is 7.53. The van der Waals surface area contributed by atoms with Gasteiger partial charge in [0.1, 0.15) is 12.4 Å². The van der Waals surface area contributed by atoms with Gasteiger partial charge < -0.3 is 14.3 Å². The predicted octanol–water partition coefficient (Wildman–Crippen LogP) is 4.89. The van der Waals surface area contributed by atoms with Crippen LogP contribution in [-0.4, -0.2) is 50.4 Å². The molecule has 1 amide bonds. The van der Waals surface area contributed by atoms with E-state index < -0.39 is 33.5 Å². The van der Waals surface area contributed by atoms with Gasteiger partial charge in [-0.1, -0.05) is 54.6 Å². The highest BCUT2D eigenvalue weighted by atomic mass is 32.2. The Bertz CT molecular complexity index is 1610. The zero-order chi connectivity index (χ0) is 27.4. The summed E-state index contributed by atoms with van der Waals surface area (Å²) in [6, 6.07) is 19.5. The smallest absolute Gasteiger partial charge is 0.411 e. The average Bonchev–Trinajstić information content (AvgIpc) is 3.49. The second-order valence-corrected chi connectivity index (χ2v) is 12.3. The first kappa shape index (κ1) is 25.1. The fourth-order valence-electron chi connectivity index (χ4n) is 5.70. The maximum absolute atomic E-state index is 13.4. The quantitative estimate of drug-likeness (QED) is 0.325. The third-order valence-electron chi connectivity index (χ3n) is 7.94. The number of benzene rings is 3. The van der Waals surface area contributed by atoms with Crippen LogP contribution in [0.5, 0.6) is 0 Å². The second kappa shape index (κ2) is 9.24. The van der Waals surface area contributed by atoms with Crippen LogP contribution in [0.3, 0.4) is 0 Å². The van der Waals surface area contributed by atoms with Crippen molar-refractivity contribution in [1.29, 1.82) is 0 Å². The molecular weight excluding hydrogens is 516 g/mol. The van der Waals surface area contributed by atoms with E-state index in [0.29, 0.717) is 24.0 Å². The standard InChI is InChI=1S/C30H26N2O6S/c1-31-30(13-14-30)18-39(35,36)20-11-12-21-19(15-20)16-32(27(21)28(33)37-2)29(34)38-17-26-24-9-5-3-7-22(24)23-8-4-6-10-25(23)26/h3-12,15,26-27H,13-14,16-18H2,2H3. The molecule has 1 aliphatic heterocycles. The molecule has 2 aliphatic carbocycles. The van der Waals surface area contributed by atoms with Gasteiger partial charge in [0.2, 0.25) is 5.54 Å². The minimum atomic E-state index is -3.71. The molecule has 0 aromatic heterocycles. The average molecular weight is 543 g/mol. The molecule has 0 spiro atoms. The number of carbonyl (C=O) groups excluding carboxylic acids is 2. The van der Waals surface area contributed by atoms with Crippen molar-refractivity contribution >= 4 is 21.9 Å². The maximum Gasteiger partial charge on any atom is 0.411 e. The van der Waals surface area contributed by atoms with Crippen LogP contribution in [-0.2, 0) is 30.7 Å². The van der Waals surface area contributed by atoms with E-state index in [-0.39, 0.29) is 29.7 Å². The number of sulfone groups is 1.